The van der Waals surface area contributed by atoms with Crippen LogP contribution in [-0.4, -0.2) is 49.3 Å². The molecule has 1 N–H and O–H groups in total. The van der Waals surface area contributed by atoms with Crippen LogP contribution >= 0.6 is 0 Å². The van der Waals surface area contributed by atoms with Gasteiger partial charge >= 0.3 is 12.3 Å². The average molecular weight is 370 g/mol. The van der Waals surface area contributed by atoms with Crippen molar-refractivity contribution in [2.75, 3.05) is 31.6 Å². The van der Waals surface area contributed by atoms with Gasteiger partial charge in [0.25, 0.3) is 0 Å². The summed E-state index contributed by atoms with van der Waals surface area (Å²) in [6.45, 7) is 3.35. The molecule has 1 aromatic carbocycles. The number of carbonyl (C=O) groups is 2. The van der Waals surface area contributed by atoms with Crippen molar-refractivity contribution >= 4 is 17.6 Å². The smallest absolute Gasteiger partial charge is 0.466 e. The standard InChI is InChI=1S/C17H20F2N2O5/c1-2-24-16(23)11-4-3-7-21(9-11)10-15(22)20-12-5-6-13-14(8-12)26-17(18,19)25-13/h5-6,8,11H,2-4,7,9-10H2,1H3,(H,20,22)/t11-/m0/s1. The van der Waals surface area contributed by atoms with Crippen LogP contribution in [0, 0.1) is 5.92 Å². The molecule has 2 heterocycles. The molecule has 0 spiro atoms. The topological polar surface area (TPSA) is 77.1 Å². The lowest BCUT2D eigenvalue weighted by Crippen LogP contribution is -2.43. The van der Waals surface area contributed by atoms with Crippen molar-refractivity contribution in [3.05, 3.63) is 18.2 Å². The first-order valence-electron chi connectivity index (χ1n) is 8.45. The Bertz CT molecular complexity index is 698. The summed E-state index contributed by atoms with van der Waals surface area (Å²) >= 11 is 0. The van der Waals surface area contributed by atoms with Crippen LogP contribution in [0.4, 0.5) is 14.5 Å². The van der Waals surface area contributed by atoms with Gasteiger partial charge < -0.3 is 19.5 Å². The summed E-state index contributed by atoms with van der Waals surface area (Å²) < 4.78 is 39.7. The molecule has 2 aliphatic rings. The Balaban J connectivity index is 1.54. The van der Waals surface area contributed by atoms with Crippen LogP contribution in [-0.2, 0) is 14.3 Å². The van der Waals surface area contributed by atoms with Gasteiger partial charge in [0.15, 0.2) is 11.5 Å². The molecule has 7 nitrogen and oxygen atoms in total. The second kappa shape index (κ2) is 7.45. The summed E-state index contributed by atoms with van der Waals surface area (Å²) in [6, 6.07) is 4.05. The van der Waals surface area contributed by atoms with Crippen molar-refractivity contribution in [3.8, 4) is 11.5 Å². The molecule has 0 saturated carbocycles. The molecule has 26 heavy (non-hydrogen) atoms. The number of ether oxygens (including phenoxy) is 3. The zero-order chi connectivity index (χ0) is 18.7. The minimum atomic E-state index is -3.69. The highest BCUT2D eigenvalue weighted by atomic mass is 19.3. The monoisotopic (exact) mass is 370 g/mol. The Morgan fingerprint density at radius 2 is 2.12 bits per heavy atom. The van der Waals surface area contributed by atoms with Crippen LogP contribution in [0.25, 0.3) is 0 Å². The van der Waals surface area contributed by atoms with Gasteiger partial charge in [-0.05, 0) is 38.4 Å². The zero-order valence-corrected chi connectivity index (χ0v) is 14.3. The molecule has 2 aliphatic heterocycles. The Hall–Kier alpha value is -2.42. The first-order valence-corrected chi connectivity index (χ1v) is 8.45. The largest absolute Gasteiger partial charge is 0.586 e. The second-order valence-electron chi connectivity index (χ2n) is 6.20. The molecule has 0 unspecified atom stereocenters. The van der Waals surface area contributed by atoms with E-state index in [4.69, 9.17) is 4.74 Å². The summed E-state index contributed by atoms with van der Waals surface area (Å²) in [4.78, 5) is 25.9. The fourth-order valence-electron chi connectivity index (χ4n) is 3.08. The number of nitrogens with zero attached hydrogens (tertiary/aromatic N) is 1. The summed E-state index contributed by atoms with van der Waals surface area (Å²) in [6.07, 6.45) is -2.15. The molecule has 0 aliphatic carbocycles. The van der Waals surface area contributed by atoms with Gasteiger partial charge in [-0.15, -0.1) is 8.78 Å². The molecule has 0 bridgehead atoms. The average Bonchev–Trinajstić information content (AvgIpc) is 2.88. The minimum Gasteiger partial charge on any atom is -0.466 e. The number of benzene rings is 1. The van der Waals surface area contributed by atoms with Gasteiger partial charge in [0.05, 0.1) is 19.1 Å². The summed E-state index contributed by atoms with van der Waals surface area (Å²) in [5.41, 5.74) is 0.328. The molecule has 1 saturated heterocycles. The quantitative estimate of drug-likeness (QED) is 0.801. The normalized spacial score (nSPS) is 21.3. The minimum absolute atomic E-state index is 0.0821. The van der Waals surface area contributed by atoms with E-state index >= 15 is 0 Å². The fourth-order valence-corrected chi connectivity index (χ4v) is 3.08. The van der Waals surface area contributed by atoms with Gasteiger partial charge in [-0.25, -0.2) is 0 Å². The lowest BCUT2D eigenvalue weighted by atomic mass is 9.98. The molecule has 1 amide bonds. The molecule has 1 fully saturated rings. The SMILES string of the molecule is CCOC(=O)[C@H]1CCCN(CC(=O)Nc2ccc3c(c2)OC(F)(F)O3)C1. The van der Waals surface area contributed by atoms with Crippen LogP contribution in [0.1, 0.15) is 19.8 Å². The fraction of sp³-hybridized carbons (Fsp3) is 0.529. The van der Waals surface area contributed by atoms with Gasteiger partial charge in [0, 0.05) is 18.3 Å². The van der Waals surface area contributed by atoms with E-state index in [0.717, 1.165) is 12.8 Å². The van der Waals surface area contributed by atoms with Gasteiger partial charge in [-0.1, -0.05) is 0 Å². The number of fused-ring (bicyclic) bond motifs is 1. The third-order valence-corrected chi connectivity index (χ3v) is 4.18. The van der Waals surface area contributed by atoms with Crippen molar-refractivity contribution in [2.24, 2.45) is 5.92 Å². The van der Waals surface area contributed by atoms with E-state index in [-0.39, 0.29) is 35.8 Å². The van der Waals surface area contributed by atoms with E-state index in [2.05, 4.69) is 14.8 Å². The van der Waals surface area contributed by atoms with E-state index in [1.807, 2.05) is 4.90 Å². The number of hydrogen-bond donors (Lipinski definition) is 1. The molecule has 142 valence electrons. The van der Waals surface area contributed by atoms with Crippen LogP contribution < -0.4 is 14.8 Å². The highest BCUT2D eigenvalue weighted by molar-refractivity contribution is 5.92. The number of alkyl halides is 2. The van der Waals surface area contributed by atoms with Gasteiger partial charge in [-0.2, -0.15) is 0 Å². The maximum absolute atomic E-state index is 13.0. The third kappa shape index (κ3) is 4.40. The molecule has 0 radical (unpaired) electrons. The summed E-state index contributed by atoms with van der Waals surface area (Å²) in [7, 11) is 0. The van der Waals surface area contributed by atoms with Gasteiger partial charge in [0.2, 0.25) is 5.91 Å². The van der Waals surface area contributed by atoms with E-state index in [1.165, 1.54) is 18.2 Å². The number of hydrogen-bond acceptors (Lipinski definition) is 6. The van der Waals surface area contributed by atoms with E-state index in [0.29, 0.717) is 25.4 Å². The zero-order valence-electron chi connectivity index (χ0n) is 14.3. The predicted molar refractivity (Wildman–Crippen MR) is 87.1 cm³/mol. The number of halogens is 2. The number of carbonyl (C=O) groups excluding carboxylic acids is 2. The number of anilines is 1. The highest BCUT2D eigenvalue weighted by Gasteiger charge is 2.43. The van der Waals surface area contributed by atoms with Crippen LogP contribution in [0.3, 0.4) is 0 Å². The lowest BCUT2D eigenvalue weighted by Gasteiger charge is -2.30. The van der Waals surface area contributed by atoms with Crippen LogP contribution in [0.5, 0.6) is 11.5 Å². The van der Waals surface area contributed by atoms with E-state index in [9.17, 15) is 18.4 Å². The Morgan fingerprint density at radius 1 is 1.35 bits per heavy atom. The second-order valence-corrected chi connectivity index (χ2v) is 6.20. The highest BCUT2D eigenvalue weighted by Crippen LogP contribution is 2.42. The maximum atomic E-state index is 13.0. The van der Waals surface area contributed by atoms with Crippen molar-refractivity contribution in [1.82, 2.24) is 4.90 Å². The first-order chi connectivity index (χ1) is 12.4. The molecule has 0 aromatic heterocycles. The summed E-state index contributed by atoms with van der Waals surface area (Å²) in [5, 5.41) is 2.64. The number of amides is 1. The Labute approximate surface area is 149 Å². The maximum Gasteiger partial charge on any atom is 0.586 e. The Morgan fingerprint density at radius 3 is 2.88 bits per heavy atom. The number of rotatable bonds is 5. The van der Waals surface area contributed by atoms with E-state index < -0.39 is 6.29 Å². The summed E-state index contributed by atoms with van der Waals surface area (Å²) in [5.74, 6) is -0.992. The van der Waals surface area contributed by atoms with Crippen LogP contribution in [0.2, 0.25) is 0 Å². The molecule has 3 rings (SSSR count). The molecule has 1 aromatic rings. The third-order valence-electron chi connectivity index (χ3n) is 4.18. The van der Waals surface area contributed by atoms with Crippen molar-refractivity contribution in [1.29, 1.82) is 0 Å². The van der Waals surface area contributed by atoms with Gasteiger partial charge in [0.1, 0.15) is 0 Å². The van der Waals surface area contributed by atoms with Gasteiger partial charge in [-0.3, -0.25) is 14.5 Å². The number of esters is 1. The van der Waals surface area contributed by atoms with Crippen molar-refractivity contribution in [2.45, 2.75) is 26.1 Å². The van der Waals surface area contributed by atoms with E-state index in [1.54, 1.807) is 6.92 Å². The number of nitrogens with one attached hydrogen (secondary N) is 1. The molecule has 1 atom stereocenters. The Kier molecular flexibility index (Phi) is 5.26. The van der Waals surface area contributed by atoms with Crippen molar-refractivity contribution < 1.29 is 32.6 Å². The lowest BCUT2D eigenvalue weighted by molar-refractivity contribution is -0.286. The molecular weight excluding hydrogens is 350 g/mol. The molecule has 9 heteroatoms. The van der Waals surface area contributed by atoms with Crippen molar-refractivity contribution in [3.63, 3.8) is 0 Å². The van der Waals surface area contributed by atoms with Crippen LogP contribution in [0.15, 0.2) is 18.2 Å². The predicted octanol–water partition coefficient (Wildman–Crippen LogP) is 2.22. The first kappa shape index (κ1) is 18.4. The number of piperidine rings is 1. The number of likely N-dealkylation sites (tertiary alicyclic amines) is 1. The molecular formula is C17H20F2N2O5.